The van der Waals surface area contributed by atoms with Crippen LogP contribution in [0.5, 0.6) is 0 Å². The smallest absolute Gasteiger partial charge is 0.283 e. The normalized spacial score (nSPS) is 26.5. The van der Waals surface area contributed by atoms with Crippen LogP contribution in [0.15, 0.2) is 15.5 Å². The summed E-state index contributed by atoms with van der Waals surface area (Å²) in [5.74, 6) is 1.53. The molecule has 0 amide bonds. The molecule has 1 saturated carbocycles. The van der Waals surface area contributed by atoms with E-state index in [0.717, 1.165) is 36.8 Å². The molecule has 1 N–H and O–H groups in total. The van der Waals surface area contributed by atoms with E-state index in [1.54, 1.807) is 6.20 Å². The molecule has 3 unspecified atom stereocenters. The Morgan fingerprint density at radius 1 is 1.40 bits per heavy atom. The van der Waals surface area contributed by atoms with Gasteiger partial charge in [0.2, 0.25) is 0 Å². The molecule has 0 aromatic carbocycles. The number of nitrogens with one attached hydrogen (secondary N) is 1. The van der Waals surface area contributed by atoms with E-state index in [1.807, 2.05) is 6.92 Å². The Labute approximate surface area is 129 Å². The van der Waals surface area contributed by atoms with Crippen LogP contribution < -0.4 is 10.9 Å². The Morgan fingerprint density at radius 2 is 2.15 bits per heavy atom. The van der Waals surface area contributed by atoms with Crippen molar-refractivity contribution in [2.45, 2.75) is 59.0 Å². The average molecular weight is 342 g/mol. The summed E-state index contributed by atoms with van der Waals surface area (Å²) in [6.07, 6.45) is 6.24. The molecule has 1 aliphatic rings. The van der Waals surface area contributed by atoms with Gasteiger partial charge >= 0.3 is 0 Å². The number of hydrogen-bond donors (Lipinski definition) is 1. The predicted octanol–water partition coefficient (Wildman–Crippen LogP) is 3.65. The Morgan fingerprint density at radius 3 is 2.80 bits per heavy atom. The predicted molar refractivity (Wildman–Crippen MR) is 86.1 cm³/mol. The van der Waals surface area contributed by atoms with E-state index in [1.165, 1.54) is 11.1 Å². The van der Waals surface area contributed by atoms with Crippen LogP contribution in [-0.4, -0.2) is 15.8 Å². The van der Waals surface area contributed by atoms with E-state index in [4.69, 9.17) is 0 Å². The van der Waals surface area contributed by atoms with Crippen LogP contribution in [0.2, 0.25) is 0 Å². The zero-order valence-corrected chi connectivity index (χ0v) is 14.1. The molecule has 0 bridgehead atoms. The molecule has 0 aliphatic heterocycles. The van der Waals surface area contributed by atoms with Crippen LogP contribution in [0.25, 0.3) is 0 Å². The number of rotatable bonds is 4. The van der Waals surface area contributed by atoms with Gasteiger partial charge in [-0.25, -0.2) is 4.68 Å². The summed E-state index contributed by atoms with van der Waals surface area (Å²) >= 11 is 3.42. The SMILES string of the molecule is CCCn1ncc(NC2CCC(C)C(C)C2)c(Br)c1=O. The molecule has 0 saturated heterocycles. The van der Waals surface area contributed by atoms with E-state index in [0.29, 0.717) is 17.1 Å². The molecule has 3 atom stereocenters. The standard InChI is InChI=1S/C15H24BrN3O/c1-4-7-19-15(20)14(16)13(9-17-19)18-12-6-5-10(2)11(3)8-12/h9-12,18H,4-8H2,1-3H3. The third kappa shape index (κ3) is 3.43. The van der Waals surface area contributed by atoms with E-state index in [2.05, 4.69) is 40.2 Å². The first kappa shape index (κ1) is 15.5. The fraction of sp³-hybridized carbons (Fsp3) is 0.733. The topological polar surface area (TPSA) is 46.9 Å². The first-order valence-electron chi connectivity index (χ1n) is 7.55. The lowest BCUT2D eigenvalue weighted by molar-refractivity contribution is 0.261. The third-order valence-corrected chi connectivity index (χ3v) is 5.14. The van der Waals surface area contributed by atoms with Crippen LogP contribution in [0, 0.1) is 11.8 Å². The van der Waals surface area contributed by atoms with Gasteiger partial charge in [-0.2, -0.15) is 5.10 Å². The van der Waals surface area contributed by atoms with Gasteiger partial charge < -0.3 is 5.32 Å². The minimum absolute atomic E-state index is 0.0472. The summed E-state index contributed by atoms with van der Waals surface area (Å²) in [5.41, 5.74) is 0.781. The Balaban J connectivity index is 2.10. The van der Waals surface area contributed by atoms with Crippen molar-refractivity contribution in [1.29, 1.82) is 0 Å². The van der Waals surface area contributed by atoms with E-state index < -0.39 is 0 Å². The molecular weight excluding hydrogens is 318 g/mol. The number of anilines is 1. The van der Waals surface area contributed by atoms with Crippen molar-refractivity contribution in [2.75, 3.05) is 5.32 Å². The van der Waals surface area contributed by atoms with Crippen LogP contribution in [-0.2, 0) is 6.54 Å². The van der Waals surface area contributed by atoms with Crippen molar-refractivity contribution in [3.63, 3.8) is 0 Å². The molecule has 4 nitrogen and oxygen atoms in total. The number of hydrogen-bond acceptors (Lipinski definition) is 3. The summed E-state index contributed by atoms with van der Waals surface area (Å²) in [6, 6.07) is 0.445. The van der Waals surface area contributed by atoms with Gasteiger partial charge in [-0.15, -0.1) is 0 Å². The first-order valence-corrected chi connectivity index (χ1v) is 8.34. The fourth-order valence-corrected chi connectivity index (χ4v) is 3.26. The highest BCUT2D eigenvalue weighted by Crippen LogP contribution is 2.31. The van der Waals surface area contributed by atoms with Crippen LogP contribution in [0.4, 0.5) is 5.69 Å². The van der Waals surface area contributed by atoms with E-state index in [9.17, 15) is 4.79 Å². The zero-order valence-electron chi connectivity index (χ0n) is 12.5. The largest absolute Gasteiger partial charge is 0.380 e. The molecule has 0 spiro atoms. The molecule has 2 rings (SSSR count). The lowest BCUT2D eigenvalue weighted by atomic mass is 9.79. The summed E-state index contributed by atoms with van der Waals surface area (Å²) in [7, 11) is 0. The second-order valence-corrected chi connectivity index (χ2v) is 6.80. The highest BCUT2D eigenvalue weighted by Gasteiger charge is 2.25. The van der Waals surface area contributed by atoms with Crippen LogP contribution in [0.3, 0.4) is 0 Å². The van der Waals surface area contributed by atoms with E-state index >= 15 is 0 Å². The maximum atomic E-state index is 12.2. The van der Waals surface area contributed by atoms with Gasteiger partial charge in [-0.3, -0.25) is 4.79 Å². The van der Waals surface area contributed by atoms with Crippen molar-refractivity contribution >= 4 is 21.6 Å². The van der Waals surface area contributed by atoms with Crippen molar-refractivity contribution in [1.82, 2.24) is 9.78 Å². The van der Waals surface area contributed by atoms with Gasteiger partial charge in [-0.05, 0) is 53.4 Å². The van der Waals surface area contributed by atoms with Gasteiger partial charge in [-0.1, -0.05) is 20.8 Å². The molecule has 5 heteroatoms. The lowest BCUT2D eigenvalue weighted by Crippen LogP contribution is -2.32. The van der Waals surface area contributed by atoms with Crippen molar-refractivity contribution < 1.29 is 0 Å². The average Bonchev–Trinajstić information content (AvgIpc) is 2.42. The van der Waals surface area contributed by atoms with Crippen molar-refractivity contribution in [3.05, 3.63) is 21.0 Å². The van der Waals surface area contributed by atoms with E-state index in [-0.39, 0.29) is 5.56 Å². The fourth-order valence-electron chi connectivity index (χ4n) is 2.84. The minimum Gasteiger partial charge on any atom is -0.380 e. The number of nitrogens with zero attached hydrogens (tertiary/aromatic N) is 2. The van der Waals surface area contributed by atoms with Crippen molar-refractivity contribution in [3.8, 4) is 0 Å². The molecule has 1 aromatic heterocycles. The first-order chi connectivity index (χ1) is 9.52. The van der Waals surface area contributed by atoms with Gasteiger partial charge in [0.15, 0.2) is 0 Å². The Bertz CT molecular complexity index is 514. The van der Waals surface area contributed by atoms with Crippen LogP contribution in [0.1, 0.15) is 46.5 Å². The number of halogens is 1. The summed E-state index contributed by atoms with van der Waals surface area (Å²) in [6.45, 7) is 7.34. The number of aromatic nitrogens is 2. The summed E-state index contributed by atoms with van der Waals surface area (Å²) in [5, 5.41) is 7.73. The third-order valence-electron chi connectivity index (χ3n) is 4.38. The maximum absolute atomic E-state index is 12.2. The second kappa shape index (κ2) is 6.74. The highest BCUT2D eigenvalue weighted by molar-refractivity contribution is 9.10. The molecular formula is C15H24BrN3O. The molecule has 20 heavy (non-hydrogen) atoms. The maximum Gasteiger partial charge on any atom is 0.283 e. The van der Waals surface area contributed by atoms with Gasteiger partial charge in [0.1, 0.15) is 4.47 Å². The minimum atomic E-state index is -0.0472. The molecule has 1 heterocycles. The van der Waals surface area contributed by atoms with Gasteiger partial charge in [0.25, 0.3) is 5.56 Å². The Kier molecular flexibility index (Phi) is 5.24. The molecule has 1 aromatic rings. The molecule has 1 fully saturated rings. The lowest BCUT2D eigenvalue weighted by Gasteiger charge is -2.33. The molecule has 112 valence electrons. The number of aryl methyl sites for hydroxylation is 1. The zero-order chi connectivity index (χ0) is 14.7. The van der Waals surface area contributed by atoms with Crippen molar-refractivity contribution in [2.24, 2.45) is 11.8 Å². The summed E-state index contributed by atoms with van der Waals surface area (Å²) in [4.78, 5) is 12.2. The quantitative estimate of drug-likeness (QED) is 0.909. The summed E-state index contributed by atoms with van der Waals surface area (Å²) < 4.78 is 2.12. The monoisotopic (exact) mass is 341 g/mol. The second-order valence-electron chi connectivity index (χ2n) is 6.01. The van der Waals surface area contributed by atoms with Crippen LogP contribution >= 0.6 is 15.9 Å². The van der Waals surface area contributed by atoms with Gasteiger partial charge in [0.05, 0.1) is 11.9 Å². The molecule has 1 aliphatic carbocycles. The highest BCUT2D eigenvalue weighted by atomic mass is 79.9. The van der Waals surface area contributed by atoms with Gasteiger partial charge in [0, 0.05) is 12.6 Å². The molecule has 0 radical (unpaired) electrons. The Hall–Kier alpha value is -0.840.